The molecule has 2 aromatic rings. The van der Waals surface area contributed by atoms with Crippen LogP contribution in [0.1, 0.15) is 12.8 Å². The van der Waals surface area contributed by atoms with Crippen LogP contribution in [0.15, 0.2) is 36.4 Å². The molecular weight excluding hydrogens is 411 g/mol. The van der Waals surface area contributed by atoms with Gasteiger partial charge >= 0.3 is 6.18 Å². The van der Waals surface area contributed by atoms with Crippen LogP contribution in [0.4, 0.5) is 35.9 Å². The van der Waals surface area contributed by atoms with E-state index in [0.717, 1.165) is 17.1 Å². The SMILES string of the molecule is COc1cc(N2CCC(C(F)(F)F)CC2)ccc1Nc1ccc2c(c1)OCC(=O)N2C. The predicted octanol–water partition coefficient (Wildman–Crippen LogP) is 4.57. The first-order chi connectivity index (χ1) is 14.8. The van der Waals surface area contributed by atoms with E-state index in [9.17, 15) is 18.0 Å². The summed E-state index contributed by atoms with van der Waals surface area (Å²) < 4.78 is 49.8. The van der Waals surface area contributed by atoms with E-state index in [1.54, 1.807) is 25.1 Å². The molecule has 4 rings (SSSR count). The van der Waals surface area contributed by atoms with Crippen molar-refractivity contribution in [3.8, 4) is 11.5 Å². The average Bonchev–Trinajstić information content (AvgIpc) is 2.76. The van der Waals surface area contributed by atoms with E-state index in [0.29, 0.717) is 30.3 Å². The highest BCUT2D eigenvalue weighted by Gasteiger charge is 2.41. The van der Waals surface area contributed by atoms with Crippen molar-refractivity contribution in [1.82, 2.24) is 0 Å². The van der Waals surface area contributed by atoms with Crippen molar-refractivity contribution >= 4 is 28.7 Å². The highest BCUT2D eigenvalue weighted by molar-refractivity contribution is 5.97. The lowest BCUT2D eigenvalue weighted by molar-refractivity contribution is -0.179. The Kier molecular flexibility index (Phi) is 5.60. The molecule has 1 saturated heterocycles. The molecule has 1 amide bonds. The van der Waals surface area contributed by atoms with Gasteiger partial charge in [-0.05, 0) is 37.1 Å². The first-order valence-corrected chi connectivity index (χ1v) is 10.1. The second kappa shape index (κ2) is 8.20. The Bertz CT molecular complexity index is 972. The van der Waals surface area contributed by atoms with E-state index in [-0.39, 0.29) is 25.4 Å². The van der Waals surface area contributed by atoms with Crippen LogP contribution in [-0.4, -0.2) is 45.9 Å². The summed E-state index contributed by atoms with van der Waals surface area (Å²) in [5.74, 6) is -0.145. The maximum Gasteiger partial charge on any atom is 0.391 e. The molecule has 2 aromatic carbocycles. The van der Waals surface area contributed by atoms with Gasteiger partial charge in [-0.1, -0.05) is 0 Å². The smallest absolute Gasteiger partial charge is 0.391 e. The zero-order valence-corrected chi connectivity index (χ0v) is 17.3. The molecule has 0 bridgehead atoms. The molecule has 2 aliphatic rings. The van der Waals surface area contributed by atoms with E-state index in [4.69, 9.17) is 9.47 Å². The molecule has 6 nitrogen and oxygen atoms in total. The number of alkyl halides is 3. The molecule has 0 atom stereocenters. The molecule has 166 valence electrons. The molecule has 0 aromatic heterocycles. The maximum absolute atomic E-state index is 12.9. The number of hydrogen-bond donors (Lipinski definition) is 1. The molecule has 0 radical (unpaired) electrons. The first-order valence-electron chi connectivity index (χ1n) is 10.1. The molecule has 0 unspecified atom stereocenters. The summed E-state index contributed by atoms with van der Waals surface area (Å²) in [7, 11) is 3.26. The predicted molar refractivity (Wildman–Crippen MR) is 113 cm³/mol. The number of carbonyl (C=O) groups is 1. The van der Waals surface area contributed by atoms with Crippen molar-refractivity contribution in [2.45, 2.75) is 19.0 Å². The van der Waals surface area contributed by atoms with Gasteiger partial charge in [-0.3, -0.25) is 4.79 Å². The number of halogens is 3. The quantitative estimate of drug-likeness (QED) is 0.763. The molecule has 31 heavy (non-hydrogen) atoms. The van der Waals surface area contributed by atoms with Gasteiger partial charge in [-0.25, -0.2) is 0 Å². The summed E-state index contributed by atoms with van der Waals surface area (Å²) in [5, 5.41) is 3.28. The largest absolute Gasteiger partial charge is 0.494 e. The summed E-state index contributed by atoms with van der Waals surface area (Å²) in [6.07, 6.45) is -3.94. The number of methoxy groups -OCH3 is 1. The van der Waals surface area contributed by atoms with Gasteiger partial charge in [0.15, 0.2) is 6.61 Å². The Morgan fingerprint density at radius 3 is 2.55 bits per heavy atom. The monoisotopic (exact) mass is 435 g/mol. The number of rotatable bonds is 4. The van der Waals surface area contributed by atoms with Crippen molar-refractivity contribution in [1.29, 1.82) is 0 Å². The molecule has 9 heteroatoms. The second-order valence-electron chi connectivity index (χ2n) is 7.74. The number of benzene rings is 2. The van der Waals surface area contributed by atoms with Gasteiger partial charge in [0.25, 0.3) is 5.91 Å². The van der Waals surface area contributed by atoms with Crippen molar-refractivity contribution in [3.05, 3.63) is 36.4 Å². The number of carbonyl (C=O) groups excluding carboxylic acids is 1. The highest BCUT2D eigenvalue weighted by Crippen LogP contribution is 2.39. The minimum atomic E-state index is -4.13. The third-order valence-electron chi connectivity index (χ3n) is 5.83. The van der Waals surface area contributed by atoms with Crippen molar-refractivity contribution in [2.75, 3.05) is 49.0 Å². The lowest BCUT2D eigenvalue weighted by Gasteiger charge is -2.34. The topological polar surface area (TPSA) is 54.0 Å². The summed E-state index contributed by atoms with van der Waals surface area (Å²) in [4.78, 5) is 15.3. The average molecular weight is 435 g/mol. The van der Waals surface area contributed by atoms with E-state index in [1.165, 1.54) is 0 Å². The lowest BCUT2D eigenvalue weighted by Crippen LogP contribution is -2.39. The number of piperidine rings is 1. The van der Waals surface area contributed by atoms with Crippen LogP contribution < -0.4 is 24.6 Å². The van der Waals surface area contributed by atoms with Gasteiger partial charge in [0, 0.05) is 43.6 Å². The van der Waals surface area contributed by atoms with Crippen LogP contribution >= 0.6 is 0 Å². The molecule has 0 aliphatic carbocycles. The fraction of sp³-hybridized carbons (Fsp3) is 0.409. The number of nitrogens with one attached hydrogen (secondary N) is 1. The van der Waals surface area contributed by atoms with Crippen LogP contribution in [-0.2, 0) is 4.79 Å². The molecule has 2 heterocycles. The van der Waals surface area contributed by atoms with E-state index in [1.807, 2.05) is 35.2 Å². The molecule has 1 N–H and O–H groups in total. The van der Waals surface area contributed by atoms with E-state index < -0.39 is 12.1 Å². The summed E-state index contributed by atoms with van der Waals surface area (Å²) >= 11 is 0. The first kappa shape index (κ1) is 21.1. The lowest BCUT2D eigenvalue weighted by atomic mass is 9.96. The van der Waals surface area contributed by atoms with Crippen LogP contribution in [0.25, 0.3) is 0 Å². The van der Waals surface area contributed by atoms with Gasteiger partial charge in [-0.15, -0.1) is 0 Å². The third kappa shape index (κ3) is 4.35. The van der Waals surface area contributed by atoms with Crippen LogP contribution in [0, 0.1) is 5.92 Å². The van der Waals surface area contributed by atoms with Crippen molar-refractivity contribution in [3.63, 3.8) is 0 Å². The molecule has 0 saturated carbocycles. The fourth-order valence-electron chi connectivity index (χ4n) is 3.96. The van der Waals surface area contributed by atoms with E-state index in [2.05, 4.69) is 5.32 Å². The zero-order chi connectivity index (χ0) is 22.2. The Morgan fingerprint density at radius 1 is 1.13 bits per heavy atom. The number of nitrogens with zero attached hydrogens (tertiary/aromatic N) is 2. The van der Waals surface area contributed by atoms with E-state index >= 15 is 0 Å². The summed E-state index contributed by atoms with van der Waals surface area (Å²) in [6.45, 7) is 0.707. The molecular formula is C22H24F3N3O3. The molecule has 2 aliphatic heterocycles. The van der Waals surface area contributed by atoms with Crippen molar-refractivity contribution < 1.29 is 27.4 Å². The van der Waals surface area contributed by atoms with Gasteiger partial charge in [0.05, 0.1) is 24.4 Å². The Balaban J connectivity index is 1.49. The Morgan fingerprint density at radius 2 is 1.87 bits per heavy atom. The Hall–Kier alpha value is -3.10. The number of anilines is 4. The normalized spacial score (nSPS) is 17.3. The molecule has 0 spiro atoms. The zero-order valence-electron chi connectivity index (χ0n) is 17.3. The van der Waals surface area contributed by atoms with Crippen molar-refractivity contribution in [2.24, 2.45) is 5.92 Å². The molecule has 1 fully saturated rings. The summed E-state index contributed by atoms with van der Waals surface area (Å²) in [6, 6.07) is 11.0. The van der Waals surface area contributed by atoms with Crippen LogP contribution in [0.3, 0.4) is 0 Å². The van der Waals surface area contributed by atoms with Gasteiger partial charge in [-0.2, -0.15) is 13.2 Å². The van der Waals surface area contributed by atoms with Gasteiger partial charge < -0.3 is 24.6 Å². The number of likely N-dealkylation sites (N-methyl/N-ethyl adjacent to an activating group) is 1. The standard InChI is InChI=1S/C22H24F3N3O3/c1-27-18-6-3-15(11-20(18)31-13-21(27)29)26-17-5-4-16(12-19(17)30-2)28-9-7-14(8-10-28)22(23,24)25/h3-6,11-12,14,26H,7-10,13H2,1-2H3. The Labute approximate surface area is 178 Å². The number of ether oxygens (including phenoxy) is 2. The third-order valence-corrected chi connectivity index (χ3v) is 5.83. The number of hydrogen-bond acceptors (Lipinski definition) is 5. The maximum atomic E-state index is 12.9. The minimum absolute atomic E-state index is 0.00397. The minimum Gasteiger partial charge on any atom is -0.494 e. The van der Waals surface area contributed by atoms with Gasteiger partial charge in [0.2, 0.25) is 0 Å². The summed E-state index contributed by atoms with van der Waals surface area (Å²) in [5.41, 5.74) is 3.01. The van der Waals surface area contributed by atoms with Gasteiger partial charge in [0.1, 0.15) is 11.5 Å². The number of amides is 1. The van der Waals surface area contributed by atoms with Crippen LogP contribution in [0.2, 0.25) is 0 Å². The second-order valence-corrected chi connectivity index (χ2v) is 7.74. The fourth-order valence-corrected chi connectivity index (χ4v) is 3.96. The van der Waals surface area contributed by atoms with Crippen LogP contribution in [0.5, 0.6) is 11.5 Å². The number of fused-ring (bicyclic) bond motifs is 1. The highest BCUT2D eigenvalue weighted by atomic mass is 19.4.